The molecule has 0 amide bonds. The molecule has 5 heteroatoms. The highest BCUT2D eigenvalue weighted by atomic mass is 16.5. The number of hydrogen-bond donors (Lipinski definition) is 2. The Labute approximate surface area is 158 Å². The molecule has 0 radical (unpaired) electrons. The molecule has 0 aromatic heterocycles. The maximum Gasteiger partial charge on any atom is 0.323 e. The molecule has 0 saturated heterocycles. The van der Waals surface area contributed by atoms with Gasteiger partial charge in [0.2, 0.25) is 0 Å². The van der Waals surface area contributed by atoms with Gasteiger partial charge in [-0.25, -0.2) is 0 Å². The summed E-state index contributed by atoms with van der Waals surface area (Å²) >= 11 is 0. The van der Waals surface area contributed by atoms with Crippen molar-refractivity contribution in [3.05, 3.63) is 59.7 Å². The van der Waals surface area contributed by atoms with Gasteiger partial charge in [0.15, 0.2) is 0 Å². The molecule has 1 saturated carbocycles. The second-order valence-electron chi connectivity index (χ2n) is 7.61. The molecular formula is C22H23NO4. The highest BCUT2D eigenvalue weighted by Crippen LogP contribution is 2.44. The molecule has 0 aliphatic heterocycles. The minimum atomic E-state index is -1.32. The van der Waals surface area contributed by atoms with Gasteiger partial charge in [0.05, 0.1) is 5.92 Å². The number of carbonyl (C=O) groups excluding carboxylic acids is 1. The van der Waals surface area contributed by atoms with E-state index in [0.717, 1.165) is 11.1 Å². The largest absolute Gasteiger partial charge is 0.480 e. The Morgan fingerprint density at radius 1 is 1.07 bits per heavy atom. The summed E-state index contributed by atoms with van der Waals surface area (Å²) in [6.45, 7) is 0.258. The number of carboxylic acids is 1. The fourth-order valence-corrected chi connectivity index (χ4v) is 4.43. The fourth-order valence-electron chi connectivity index (χ4n) is 4.43. The minimum Gasteiger partial charge on any atom is -0.480 e. The molecule has 2 aromatic rings. The Bertz CT molecular complexity index is 848. The van der Waals surface area contributed by atoms with E-state index in [1.165, 1.54) is 11.1 Å². The predicted octanol–water partition coefficient (Wildman–Crippen LogP) is 3.31. The van der Waals surface area contributed by atoms with Crippen LogP contribution in [0.15, 0.2) is 48.5 Å². The number of carboxylic acid groups (broad SMARTS) is 1. The summed E-state index contributed by atoms with van der Waals surface area (Å²) in [5, 5.41) is 9.34. The minimum absolute atomic E-state index is 0.00653. The highest BCUT2D eigenvalue weighted by Gasteiger charge is 2.42. The zero-order chi connectivity index (χ0) is 19.0. The van der Waals surface area contributed by atoms with Crippen molar-refractivity contribution in [1.29, 1.82) is 0 Å². The van der Waals surface area contributed by atoms with Crippen molar-refractivity contribution >= 4 is 11.9 Å². The van der Waals surface area contributed by atoms with Gasteiger partial charge in [0, 0.05) is 5.92 Å². The van der Waals surface area contributed by atoms with Crippen molar-refractivity contribution in [2.45, 2.75) is 37.1 Å². The van der Waals surface area contributed by atoms with E-state index in [2.05, 4.69) is 24.3 Å². The number of carbonyl (C=O) groups is 2. The zero-order valence-electron chi connectivity index (χ0n) is 15.1. The lowest BCUT2D eigenvalue weighted by molar-refractivity contribution is -0.153. The van der Waals surface area contributed by atoms with Crippen molar-refractivity contribution in [2.24, 2.45) is 11.7 Å². The number of esters is 1. The van der Waals surface area contributed by atoms with Crippen molar-refractivity contribution < 1.29 is 19.4 Å². The van der Waals surface area contributed by atoms with Gasteiger partial charge in [0.25, 0.3) is 0 Å². The summed E-state index contributed by atoms with van der Waals surface area (Å²) < 4.78 is 5.66. The van der Waals surface area contributed by atoms with Crippen LogP contribution in [-0.2, 0) is 14.3 Å². The normalized spacial score (nSPS) is 24.1. The lowest BCUT2D eigenvalue weighted by atomic mass is 9.76. The molecule has 140 valence electrons. The smallest absolute Gasteiger partial charge is 0.323 e. The van der Waals surface area contributed by atoms with E-state index in [0.29, 0.717) is 19.3 Å². The number of fused-ring (bicyclic) bond motifs is 3. The second-order valence-corrected chi connectivity index (χ2v) is 7.61. The van der Waals surface area contributed by atoms with Crippen LogP contribution in [-0.4, -0.2) is 29.2 Å². The van der Waals surface area contributed by atoms with Gasteiger partial charge in [0.1, 0.15) is 12.1 Å². The molecule has 2 aromatic carbocycles. The molecule has 2 atom stereocenters. The van der Waals surface area contributed by atoms with Crippen LogP contribution < -0.4 is 5.73 Å². The molecule has 1 fully saturated rings. The zero-order valence-corrected chi connectivity index (χ0v) is 15.1. The van der Waals surface area contributed by atoms with Crippen molar-refractivity contribution in [3.63, 3.8) is 0 Å². The lowest BCUT2D eigenvalue weighted by Crippen LogP contribution is -2.52. The maximum absolute atomic E-state index is 12.6. The summed E-state index contributed by atoms with van der Waals surface area (Å²) in [6.07, 6.45) is 1.79. The molecule has 27 heavy (non-hydrogen) atoms. The van der Waals surface area contributed by atoms with E-state index in [1.807, 2.05) is 24.3 Å². The molecule has 2 aliphatic carbocycles. The summed E-state index contributed by atoms with van der Waals surface area (Å²) in [6, 6.07) is 16.3. The molecule has 2 aliphatic rings. The fraction of sp³-hybridized carbons (Fsp3) is 0.364. The van der Waals surface area contributed by atoms with Crippen molar-refractivity contribution in [1.82, 2.24) is 0 Å². The standard InChI is InChI=1S/C22H23NO4/c23-22(21(25)26)11-5-6-14(12-22)20(24)27-13-19-17-9-3-1-7-15(17)16-8-2-4-10-18(16)19/h1-4,7-10,14,19H,5-6,11-13,23H2,(H,25,26)/t14-,22-/m1/s1. The Hall–Kier alpha value is -2.66. The Morgan fingerprint density at radius 3 is 2.26 bits per heavy atom. The van der Waals surface area contributed by atoms with Crippen LogP contribution in [0.5, 0.6) is 0 Å². The van der Waals surface area contributed by atoms with E-state index >= 15 is 0 Å². The van der Waals surface area contributed by atoms with E-state index in [1.54, 1.807) is 0 Å². The molecule has 0 unspecified atom stereocenters. The number of nitrogens with two attached hydrogens (primary N) is 1. The van der Waals surface area contributed by atoms with Crippen LogP contribution in [0.3, 0.4) is 0 Å². The van der Waals surface area contributed by atoms with Crippen LogP contribution >= 0.6 is 0 Å². The van der Waals surface area contributed by atoms with Crippen LogP contribution in [0.25, 0.3) is 11.1 Å². The quantitative estimate of drug-likeness (QED) is 0.812. The molecule has 3 N–H and O–H groups in total. The van der Waals surface area contributed by atoms with Gasteiger partial charge in [-0.2, -0.15) is 0 Å². The van der Waals surface area contributed by atoms with Crippen molar-refractivity contribution in [3.8, 4) is 11.1 Å². The summed E-state index contributed by atoms with van der Waals surface area (Å²) in [5.41, 5.74) is 9.32. The van der Waals surface area contributed by atoms with Gasteiger partial charge >= 0.3 is 11.9 Å². The van der Waals surface area contributed by atoms with Gasteiger partial charge in [-0.05, 0) is 41.5 Å². The van der Waals surface area contributed by atoms with Crippen molar-refractivity contribution in [2.75, 3.05) is 6.61 Å². The summed E-state index contributed by atoms with van der Waals surface area (Å²) in [5.74, 6) is -1.83. The Balaban J connectivity index is 1.49. The number of aliphatic carboxylic acids is 1. The van der Waals surface area contributed by atoms with E-state index in [4.69, 9.17) is 10.5 Å². The maximum atomic E-state index is 12.6. The second kappa shape index (κ2) is 6.82. The Kier molecular flexibility index (Phi) is 4.48. The van der Waals surface area contributed by atoms with Crippen LogP contribution in [0.2, 0.25) is 0 Å². The highest BCUT2D eigenvalue weighted by molar-refractivity contribution is 5.81. The first-order valence-corrected chi connectivity index (χ1v) is 9.37. The number of benzene rings is 2. The Morgan fingerprint density at radius 2 is 1.67 bits per heavy atom. The monoisotopic (exact) mass is 365 g/mol. The first kappa shape index (κ1) is 17.7. The SMILES string of the molecule is N[C@]1(C(=O)O)CCC[C@@H](C(=O)OCC2c3ccccc3-c3ccccc32)C1. The van der Waals surface area contributed by atoms with Gasteiger partial charge in [-0.1, -0.05) is 55.0 Å². The third-order valence-corrected chi connectivity index (χ3v) is 5.90. The molecule has 0 heterocycles. The van der Waals surface area contributed by atoms with Crippen LogP contribution in [0.4, 0.5) is 0 Å². The molecule has 0 spiro atoms. The van der Waals surface area contributed by atoms with Gasteiger partial charge in [-0.3, -0.25) is 9.59 Å². The lowest BCUT2D eigenvalue weighted by Gasteiger charge is -2.33. The van der Waals surface area contributed by atoms with Crippen LogP contribution in [0.1, 0.15) is 42.7 Å². The summed E-state index contributed by atoms with van der Waals surface area (Å²) in [7, 11) is 0. The van der Waals surface area contributed by atoms with E-state index in [9.17, 15) is 14.7 Å². The predicted molar refractivity (Wildman–Crippen MR) is 101 cm³/mol. The molecule has 4 rings (SSSR count). The number of hydrogen-bond acceptors (Lipinski definition) is 4. The average molecular weight is 365 g/mol. The summed E-state index contributed by atoms with van der Waals surface area (Å²) in [4.78, 5) is 24.0. The third-order valence-electron chi connectivity index (χ3n) is 5.90. The average Bonchev–Trinajstić information content (AvgIpc) is 3.00. The third kappa shape index (κ3) is 3.12. The molecule has 0 bridgehead atoms. The first-order chi connectivity index (χ1) is 13.0. The first-order valence-electron chi connectivity index (χ1n) is 9.37. The number of rotatable bonds is 4. The van der Waals surface area contributed by atoms with Crippen LogP contribution in [0, 0.1) is 5.92 Å². The number of ether oxygens (including phenoxy) is 1. The van der Waals surface area contributed by atoms with Gasteiger partial charge in [-0.15, -0.1) is 0 Å². The van der Waals surface area contributed by atoms with E-state index < -0.39 is 17.4 Å². The molecular weight excluding hydrogens is 342 g/mol. The topological polar surface area (TPSA) is 89.6 Å². The van der Waals surface area contributed by atoms with E-state index in [-0.39, 0.29) is 24.9 Å². The molecule has 5 nitrogen and oxygen atoms in total. The van der Waals surface area contributed by atoms with Gasteiger partial charge < -0.3 is 15.6 Å².